The lowest BCUT2D eigenvalue weighted by atomic mass is 9.96. The van der Waals surface area contributed by atoms with Crippen molar-refractivity contribution in [1.82, 2.24) is 19.7 Å². The maximum absolute atomic E-state index is 5.85. The predicted molar refractivity (Wildman–Crippen MR) is 80.4 cm³/mol. The standard InChI is InChI=1S/C14H22N6/c1-9-10(8-20(5)19-9)7-16-12-6-11(15)17-13(18-12)14(2,3)4/h6,8H,7H2,1-5H3,(H3,15,16,17,18). The average Bonchev–Trinajstić information content (AvgIpc) is 2.63. The highest BCUT2D eigenvalue weighted by Crippen LogP contribution is 2.21. The molecule has 0 amide bonds. The molecular weight excluding hydrogens is 252 g/mol. The fourth-order valence-corrected chi connectivity index (χ4v) is 1.90. The van der Waals surface area contributed by atoms with Crippen LogP contribution < -0.4 is 11.1 Å². The number of nitrogen functional groups attached to an aromatic ring is 1. The van der Waals surface area contributed by atoms with E-state index < -0.39 is 0 Å². The van der Waals surface area contributed by atoms with E-state index >= 15 is 0 Å². The number of hydrogen-bond donors (Lipinski definition) is 2. The average molecular weight is 274 g/mol. The van der Waals surface area contributed by atoms with Crippen LogP contribution >= 0.6 is 0 Å². The SMILES string of the molecule is Cc1nn(C)cc1CNc1cc(N)nc(C(C)(C)C)n1. The van der Waals surface area contributed by atoms with E-state index in [0.717, 1.165) is 22.9 Å². The molecule has 6 heteroatoms. The highest BCUT2D eigenvalue weighted by molar-refractivity contribution is 5.45. The van der Waals surface area contributed by atoms with Crippen molar-refractivity contribution < 1.29 is 0 Å². The summed E-state index contributed by atoms with van der Waals surface area (Å²) in [5.41, 5.74) is 7.88. The minimum Gasteiger partial charge on any atom is -0.384 e. The van der Waals surface area contributed by atoms with Gasteiger partial charge < -0.3 is 11.1 Å². The van der Waals surface area contributed by atoms with Crippen molar-refractivity contribution in [2.24, 2.45) is 7.05 Å². The van der Waals surface area contributed by atoms with Crippen LogP contribution in [0.25, 0.3) is 0 Å². The van der Waals surface area contributed by atoms with Crippen LogP contribution in [0.4, 0.5) is 11.6 Å². The Morgan fingerprint density at radius 2 is 2.00 bits per heavy atom. The van der Waals surface area contributed by atoms with Gasteiger partial charge in [0.25, 0.3) is 0 Å². The monoisotopic (exact) mass is 274 g/mol. The highest BCUT2D eigenvalue weighted by Gasteiger charge is 2.18. The molecule has 0 aliphatic heterocycles. The molecule has 0 fully saturated rings. The van der Waals surface area contributed by atoms with Crippen molar-refractivity contribution in [2.45, 2.75) is 39.7 Å². The molecule has 0 saturated heterocycles. The van der Waals surface area contributed by atoms with Crippen LogP contribution in [0.15, 0.2) is 12.3 Å². The summed E-state index contributed by atoms with van der Waals surface area (Å²) in [6.07, 6.45) is 2.00. The molecule has 3 N–H and O–H groups in total. The Morgan fingerprint density at radius 3 is 2.55 bits per heavy atom. The quantitative estimate of drug-likeness (QED) is 0.894. The minimum absolute atomic E-state index is 0.129. The lowest BCUT2D eigenvalue weighted by Crippen LogP contribution is -2.18. The van der Waals surface area contributed by atoms with Crippen molar-refractivity contribution in [2.75, 3.05) is 11.1 Å². The number of anilines is 2. The molecule has 2 aromatic rings. The van der Waals surface area contributed by atoms with E-state index in [1.165, 1.54) is 0 Å². The van der Waals surface area contributed by atoms with Gasteiger partial charge in [-0.2, -0.15) is 5.10 Å². The Morgan fingerprint density at radius 1 is 1.30 bits per heavy atom. The van der Waals surface area contributed by atoms with E-state index in [9.17, 15) is 0 Å². The zero-order valence-corrected chi connectivity index (χ0v) is 12.7. The van der Waals surface area contributed by atoms with E-state index in [0.29, 0.717) is 12.4 Å². The van der Waals surface area contributed by atoms with Crippen LogP contribution in [0.3, 0.4) is 0 Å². The van der Waals surface area contributed by atoms with Gasteiger partial charge >= 0.3 is 0 Å². The number of aromatic nitrogens is 4. The van der Waals surface area contributed by atoms with Crippen molar-refractivity contribution in [3.63, 3.8) is 0 Å². The molecule has 2 aromatic heterocycles. The highest BCUT2D eigenvalue weighted by atomic mass is 15.3. The summed E-state index contributed by atoms with van der Waals surface area (Å²) in [6, 6.07) is 1.75. The minimum atomic E-state index is -0.129. The third-order valence-electron chi connectivity index (χ3n) is 2.99. The van der Waals surface area contributed by atoms with Gasteiger partial charge in [0.2, 0.25) is 0 Å². The predicted octanol–water partition coefficient (Wildman–Crippen LogP) is 2.01. The number of nitrogens with two attached hydrogens (primary N) is 1. The van der Waals surface area contributed by atoms with Crippen LogP contribution in [-0.2, 0) is 19.0 Å². The first-order valence-corrected chi connectivity index (χ1v) is 6.64. The zero-order valence-electron chi connectivity index (χ0n) is 12.7. The van der Waals surface area contributed by atoms with Gasteiger partial charge in [-0.1, -0.05) is 20.8 Å². The third-order valence-corrected chi connectivity index (χ3v) is 2.99. The van der Waals surface area contributed by atoms with Crippen molar-refractivity contribution in [1.29, 1.82) is 0 Å². The topological polar surface area (TPSA) is 81.7 Å². The fraction of sp³-hybridized carbons (Fsp3) is 0.500. The summed E-state index contributed by atoms with van der Waals surface area (Å²) in [7, 11) is 1.91. The largest absolute Gasteiger partial charge is 0.384 e. The van der Waals surface area contributed by atoms with E-state index in [1.807, 2.05) is 20.2 Å². The number of aryl methyl sites for hydroxylation is 2. The number of nitrogens with one attached hydrogen (secondary N) is 1. The molecule has 0 radical (unpaired) electrons. The summed E-state index contributed by atoms with van der Waals surface area (Å²) in [5, 5.41) is 7.60. The Hall–Kier alpha value is -2.11. The molecule has 6 nitrogen and oxygen atoms in total. The maximum atomic E-state index is 5.85. The van der Waals surface area contributed by atoms with Gasteiger partial charge in [-0.25, -0.2) is 9.97 Å². The zero-order chi connectivity index (χ0) is 14.9. The molecule has 0 aromatic carbocycles. The van der Waals surface area contributed by atoms with Crippen molar-refractivity contribution in [3.8, 4) is 0 Å². The van der Waals surface area contributed by atoms with Gasteiger partial charge in [-0.3, -0.25) is 4.68 Å². The van der Waals surface area contributed by atoms with Gasteiger partial charge in [0, 0.05) is 36.8 Å². The second kappa shape index (κ2) is 5.11. The number of nitrogens with zero attached hydrogens (tertiary/aromatic N) is 4. The summed E-state index contributed by atoms with van der Waals surface area (Å²) < 4.78 is 1.81. The molecule has 0 spiro atoms. The van der Waals surface area contributed by atoms with Crippen LogP contribution in [0.2, 0.25) is 0 Å². The smallest absolute Gasteiger partial charge is 0.138 e. The van der Waals surface area contributed by atoms with E-state index in [2.05, 4.69) is 41.2 Å². The van der Waals surface area contributed by atoms with E-state index in [4.69, 9.17) is 5.73 Å². The van der Waals surface area contributed by atoms with Crippen LogP contribution in [0.5, 0.6) is 0 Å². The van der Waals surface area contributed by atoms with Gasteiger partial charge in [-0.15, -0.1) is 0 Å². The molecule has 0 atom stereocenters. The van der Waals surface area contributed by atoms with Crippen LogP contribution in [0.1, 0.15) is 37.9 Å². The van der Waals surface area contributed by atoms with Crippen LogP contribution in [0, 0.1) is 6.92 Å². The molecule has 0 aliphatic carbocycles. The van der Waals surface area contributed by atoms with Gasteiger partial charge in [-0.05, 0) is 6.92 Å². The summed E-state index contributed by atoms with van der Waals surface area (Å²) in [5.74, 6) is 1.96. The summed E-state index contributed by atoms with van der Waals surface area (Å²) >= 11 is 0. The Balaban J connectivity index is 2.18. The molecule has 2 rings (SSSR count). The van der Waals surface area contributed by atoms with Crippen molar-refractivity contribution >= 4 is 11.6 Å². The Bertz CT molecular complexity index is 609. The second-order valence-corrected chi connectivity index (χ2v) is 6.02. The lowest BCUT2D eigenvalue weighted by molar-refractivity contribution is 0.547. The Labute approximate surface area is 119 Å². The first-order chi connectivity index (χ1) is 9.25. The molecule has 0 unspecified atom stereocenters. The normalized spacial score (nSPS) is 11.7. The number of hydrogen-bond acceptors (Lipinski definition) is 5. The Kier molecular flexibility index (Phi) is 3.65. The first kappa shape index (κ1) is 14.3. The lowest BCUT2D eigenvalue weighted by Gasteiger charge is -2.18. The van der Waals surface area contributed by atoms with Gasteiger partial charge in [0.1, 0.15) is 17.5 Å². The fourth-order valence-electron chi connectivity index (χ4n) is 1.90. The van der Waals surface area contributed by atoms with E-state index in [-0.39, 0.29) is 5.41 Å². The van der Waals surface area contributed by atoms with Gasteiger partial charge in [0.05, 0.1) is 5.69 Å². The molecular formula is C14H22N6. The molecule has 0 bridgehead atoms. The number of rotatable bonds is 3. The molecule has 108 valence electrons. The molecule has 20 heavy (non-hydrogen) atoms. The van der Waals surface area contributed by atoms with Crippen molar-refractivity contribution in [3.05, 3.63) is 29.3 Å². The second-order valence-electron chi connectivity index (χ2n) is 6.02. The van der Waals surface area contributed by atoms with Gasteiger partial charge in [0.15, 0.2) is 0 Å². The third kappa shape index (κ3) is 3.26. The summed E-state index contributed by atoms with van der Waals surface area (Å²) in [6.45, 7) is 8.86. The maximum Gasteiger partial charge on any atom is 0.138 e. The molecule has 2 heterocycles. The summed E-state index contributed by atoms with van der Waals surface area (Å²) in [4.78, 5) is 8.82. The first-order valence-electron chi connectivity index (χ1n) is 6.64. The van der Waals surface area contributed by atoms with Crippen LogP contribution in [-0.4, -0.2) is 19.7 Å². The van der Waals surface area contributed by atoms with E-state index in [1.54, 1.807) is 10.7 Å². The molecule has 0 aliphatic rings. The molecule has 0 saturated carbocycles.